The highest BCUT2D eigenvalue weighted by Gasteiger charge is 2.47. The number of hydrogen-bond donors (Lipinski definition) is 0. The van der Waals surface area contributed by atoms with Crippen molar-refractivity contribution in [3.63, 3.8) is 0 Å². The molecule has 0 aromatic heterocycles. The number of likely N-dealkylation sites (tertiary alicyclic amines) is 1. The Balaban J connectivity index is 1.60. The van der Waals surface area contributed by atoms with Crippen LogP contribution in [0.3, 0.4) is 0 Å². The lowest BCUT2D eigenvalue weighted by Crippen LogP contribution is -2.43. The molecule has 2 aliphatic rings. The molecule has 0 radical (unpaired) electrons. The first-order chi connectivity index (χ1) is 15.6. The largest absolute Gasteiger partial charge is 0.472 e. The minimum absolute atomic E-state index is 0.137. The molecule has 2 aromatic carbocycles. The van der Waals surface area contributed by atoms with Gasteiger partial charge in [-0.15, -0.1) is 4.40 Å². The molecule has 0 bridgehead atoms. The molecule has 0 amide bonds. The van der Waals surface area contributed by atoms with E-state index >= 15 is 0 Å². The first-order valence-corrected chi connectivity index (χ1v) is 13.1. The Morgan fingerprint density at radius 2 is 1.79 bits per heavy atom. The van der Waals surface area contributed by atoms with Crippen LogP contribution in [0.1, 0.15) is 73.8 Å². The van der Waals surface area contributed by atoms with Gasteiger partial charge in [0, 0.05) is 6.42 Å². The maximum Gasteiger partial charge on any atom is 0.267 e. The van der Waals surface area contributed by atoms with Crippen LogP contribution in [0.5, 0.6) is 0 Å². The predicted octanol–water partition coefficient (Wildman–Crippen LogP) is 5.41. The maximum absolute atomic E-state index is 14.2. The fourth-order valence-electron chi connectivity index (χ4n) is 5.15. The van der Waals surface area contributed by atoms with Crippen LogP contribution in [0.4, 0.5) is 4.39 Å². The van der Waals surface area contributed by atoms with Gasteiger partial charge in [0.2, 0.25) is 5.90 Å². The Labute approximate surface area is 196 Å². The Morgan fingerprint density at radius 3 is 2.45 bits per heavy atom. The van der Waals surface area contributed by atoms with E-state index in [9.17, 15) is 12.8 Å². The molecule has 33 heavy (non-hydrogen) atoms. The molecule has 0 saturated carbocycles. The number of piperidine rings is 1. The van der Waals surface area contributed by atoms with Crippen molar-refractivity contribution < 1.29 is 17.5 Å². The normalized spacial score (nSPS) is 24.0. The fourth-order valence-corrected chi connectivity index (χ4v) is 6.90. The van der Waals surface area contributed by atoms with Crippen LogP contribution in [-0.4, -0.2) is 45.0 Å². The number of ether oxygens (including phenoxy) is 1. The topological polar surface area (TPSA) is 59.0 Å². The summed E-state index contributed by atoms with van der Waals surface area (Å²) in [4.78, 5) is 2.32. The maximum atomic E-state index is 14.2. The van der Waals surface area contributed by atoms with E-state index in [0.717, 1.165) is 25.9 Å². The van der Waals surface area contributed by atoms with E-state index in [2.05, 4.69) is 22.4 Å². The summed E-state index contributed by atoms with van der Waals surface area (Å²) >= 11 is 0. The van der Waals surface area contributed by atoms with Crippen molar-refractivity contribution in [1.82, 2.24) is 4.90 Å². The van der Waals surface area contributed by atoms with Crippen LogP contribution in [0.25, 0.3) is 0 Å². The number of nitrogens with zero attached hydrogens (tertiary/aromatic N) is 2. The number of halogens is 1. The molecule has 178 valence electrons. The van der Waals surface area contributed by atoms with Crippen LogP contribution >= 0.6 is 0 Å². The molecule has 2 heterocycles. The predicted molar refractivity (Wildman–Crippen MR) is 130 cm³/mol. The molecule has 1 unspecified atom stereocenters. The second-order valence-corrected chi connectivity index (χ2v) is 11.6. The van der Waals surface area contributed by atoms with Gasteiger partial charge < -0.3 is 9.64 Å². The third-order valence-electron chi connectivity index (χ3n) is 6.86. The monoisotopic (exact) mass is 472 g/mol. The third-order valence-corrected chi connectivity index (χ3v) is 8.75. The first kappa shape index (κ1) is 23.9. The Morgan fingerprint density at radius 1 is 1.12 bits per heavy atom. The van der Waals surface area contributed by atoms with Crippen molar-refractivity contribution in [2.45, 2.75) is 62.7 Å². The Bertz CT molecular complexity index is 1140. The van der Waals surface area contributed by atoms with Crippen LogP contribution in [-0.2, 0) is 14.8 Å². The number of rotatable bonds is 5. The number of sulfonamides is 1. The molecule has 2 atom stereocenters. The van der Waals surface area contributed by atoms with Crippen molar-refractivity contribution >= 4 is 15.9 Å². The summed E-state index contributed by atoms with van der Waals surface area (Å²) in [5.74, 6) is -0.0111. The van der Waals surface area contributed by atoms with E-state index in [1.54, 1.807) is 32.0 Å². The summed E-state index contributed by atoms with van der Waals surface area (Å²) in [6.07, 6.45) is 2.34. The van der Waals surface area contributed by atoms with Crippen LogP contribution in [0, 0.1) is 5.82 Å². The zero-order valence-corrected chi connectivity index (χ0v) is 20.6. The molecule has 5 nitrogen and oxygen atoms in total. The fraction of sp³-hybridized carbons (Fsp3) is 0.500. The minimum atomic E-state index is -3.87. The highest BCUT2D eigenvalue weighted by Crippen LogP contribution is 2.42. The van der Waals surface area contributed by atoms with Gasteiger partial charge in [-0.2, -0.15) is 0 Å². The zero-order valence-electron chi connectivity index (χ0n) is 19.8. The number of benzene rings is 2. The summed E-state index contributed by atoms with van der Waals surface area (Å²) in [6, 6.07) is 14.4. The Kier molecular flexibility index (Phi) is 6.65. The van der Waals surface area contributed by atoms with Crippen molar-refractivity contribution in [2.24, 2.45) is 4.40 Å². The summed E-state index contributed by atoms with van der Waals surface area (Å²) < 4.78 is 51.1. The van der Waals surface area contributed by atoms with Gasteiger partial charge in [-0.1, -0.05) is 49.4 Å². The van der Waals surface area contributed by atoms with Crippen LogP contribution < -0.4 is 0 Å². The molecule has 2 aromatic rings. The smallest absolute Gasteiger partial charge is 0.267 e. The summed E-state index contributed by atoms with van der Waals surface area (Å²) in [5.41, 5.74) is 1.40. The van der Waals surface area contributed by atoms with Crippen molar-refractivity contribution in [2.75, 3.05) is 20.1 Å². The first-order valence-electron chi connectivity index (χ1n) is 11.6. The van der Waals surface area contributed by atoms with Crippen molar-refractivity contribution in [3.05, 3.63) is 71.0 Å². The minimum Gasteiger partial charge on any atom is -0.472 e. The highest BCUT2D eigenvalue weighted by molar-refractivity contribution is 7.90. The third kappa shape index (κ3) is 5.14. The van der Waals surface area contributed by atoms with Gasteiger partial charge in [0.05, 0.1) is 0 Å². The number of hydrogen-bond acceptors (Lipinski definition) is 4. The lowest BCUT2D eigenvalue weighted by molar-refractivity contribution is 0.0802. The Hall–Kier alpha value is -2.25. The molecule has 7 heteroatoms. The molecule has 0 spiro atoms. The average molecular weight is 473 g/mol. The summed E-state index contributed by atoms with van der Waals surface area (Å²) in [7, 11) is -1.74. The molecule has 1 saturated heterocycles. The van der Waals surface area contributed by atoms with Crippen LogP contribution in [0.15, 0.2) is 52.9 Å². The quantitative estimate of drug-likeness (QED) is 0.584. The zero-order chi connectivity index (χ0) is 23.8. The van der Waals surface area contributed by atoms with Gasteiger partial charge in [0.15, 0.2) is 0 Å². The lowest BCUT2D eigenvalue weighted by atomic mass is 9.87. The van der Waals surface area contributed by atoms with E-state index in [4.69, 9.17) is 4.74 Å². The van der Waals surface area contributed by atoms with Gasteiger partial charge in [0.1, 0.15) is 16.7 Å². The molecule has 2 aliphatic heterocycles. The van der Waals surface area contributed by atoms with Crippen molar-refractivity contribution in [1.29, 1.82) is 0 Å². The van der Waals surface area contributed by atoms with E-state index in [1.807, 2.05) is 25.1 Å². The van der Waals surface area contributed by atoms with Gasteiger partial charge in [-0.25, -0.2) is 12.8 Å². The molecular weight excluding hydrogens is 439 g/mol. The van der Waals surface area contributed by atoms with E-state index < -0.39 is 20.9 Å². The second kappa shape index (κ2) is 9.18. The van der Waals surface area contributed by atoms with Crippen molar-refractivity contribution in [3.8, 4) is 0 Å². The van der Waals surface area contributed by atoms with Gasteiger partial charge in [0.25, 0.3) is 10.0 Å². The van der Waals surface area contributed by atoms with Gasteiger partial charge >= 0.3 is 0 Å². The van der Waals surface area contributed by atoms with Crippen LogP contribution in [0.2, 0.25) is 0 Å². The standard InChI is InChI=1S/C26H33FN2O3S/c1-18(22-10-5-6-11-23(22)27)16-24-28-33(30,31)25(26(2,3)32-24)21-9-7-8-20(17-21)19-12-14-29(4)15-13-19/h5-11,17-19,25H,12-16H2,1-4H3/t18-,25?/m1/s1. The van der Waals surface area contributed by atoms with E-state index in [0.29, 0.717) is 17.0 Å². The molecule has 4 rings (SSSR count). The second-order valence-electron chi connectivity index (χ2n) is 9.96. The summed E-state index contributed by atoms with van der Waals surface area (Å²) in [6.45, 7) is 7.51. The molecule has 0 aliphatic carbocycles. The van der Waals surface area contributed by atoms with E-state index in [-0.39, 0.29) is 24.1 Å². The molecule has 1 fully saturated rings. The highest BCUT2D eigenvalue weighted by atomic mass is 32.2. The van der Waals surface area contributed by atoms with E-state index in [1.165, 1.54) is 11.6 Å². The van der Waals surface area contributed by atoms with Gasteiger partial charge in [-0.3, -0.25) is 0 Å². The van der Waals surface area contributed by atoms with Gasteiger partial charge in [-0.05, 0) is 81.4 Å². The molecular formula is C26H33FN2O3S. The summed E-state index contributed by atoms with van der Waals surface area (Å²) in [5, 5.41) is -0.899. The molecule has 0 N–H and O–H groups in total. The SMILES string of the molecule is C[C@H](CC1=NS(=O)(=O)C(c2cccc(C3CCN(C)CC3)c2)C(C)(C)O1)c1ccccc1F. The average Bonchev–Trinajstić information content (AvgIpc) is 2.73. The lowest BCUT2D eigenvalue weighted by Gasteiger charge is -2.38.